The summed E-state index contributed by atoms with van der Waals surface area (Å²) in [5.41, 5.74) is 0.438. The van der Waals surface area contributed by atoms with Crippen molar-refractivity contribution in [3.63, 3.8) is 0 Å². The van der Waals surface area contributed by atoms with Gasteiger partial charge in [-0.2, -0.15) is 26.3 Å². The lowest BCUT2D eigenvalue weighted by Gasteiger charge is -2.42. The van der Waals surface area contributed by atoms with Gasteiger partial charge in [0.15, 0.2) is 0 Å². The van der Waals surface area contributed by atoms with Crippen LogP contribution in [0, 0.1) is 0 Å². The number of benzene rings is 2. The van der Waals surface area contributed by atoms with Crippen molar-refractivity contribution < 1.29 is 35.9 Å². The molecule has 11 heteroatoms. The number of hydrogen-bond acceptors (Lipinski definition) is 4. The SMILES string of the molecule is O=C(Cc1cccs1)NN1CCC(COCc2cc(C(F)(F)F)cc(C(F)(F)F)c2)(c2ccccc2)CC1. The maximum absolute atomic E-state index is 13.2. The van der Waals surface area contributed by atoms with Gasteiger partial charge >= 0.3 is 12.4 Å². The van der Waals surface area contributed by atoms with Crippen LogP contribution in [-0.2, 0) is 40.3 Å². The highest BCUT2D eigenvalue weighted by Crippen LogP contribution is 2.38. The van der Waals surface area contributed by atoms with Crippen LogP contribution in [0.4, 0.5) is 26.3 Å². The quantitative estimate of drug-likeness (QED) is 0.318. The lowest BCUT2D eigenvalue weighted by Crippen LogP contribution is -2.52. The molecule has 1 N–H and O–H groups in total. The van der Waals surface area contributed by atoms with Crippen LogP contribution in [0.25, 0.3) is 0 Å². The molecule has 204 valence electrons. The van der Waals surface area contributed by atoms with Gasteiger partial charge in [0.1, 0.15) is 0 Å². The van der Waals surface area contributed by atoms with Crippen LogP contribution >= 0.6 is 11.3 Å². The second-order valence-corrected chi connectivity index (χ2v) is 10.4. The number of carbonyl (C=O) groups is 1. The third-order valence-electron chi connectivity index (χ3n) is 6.60. The molecule has 1 fully saturated rings. The van der Waals surface area contributed by atoms with Gasteiger partial charge in [0.05, 0.1) is 30.8 Å². The highest BCUT2D eigenvalue weighted by molar-refractivity contribution is 7.10. The molecule has 1 amide bonds. The average molecular weight is 557 g/mol. The first kappa shape index (κ1) is 28.1. The van der Waals surface area contributed by atoms with Gasteiger partial charge in [0, 0.05) is 23.4 Å². The molecule has 0 saturated carbocycles. The standard InChI is InChI=1S/C27H26F6N2O2S/c28-26(29,30)21-13-19(14-22(15-21)27(31,32)33)17-37-18-25(20-5-2-1-3-6-20)8-10-35(11-9-25)34-24(36)16-23-7-4-12-38-23/h1-7,12-15H,8-11,16-18H2,(H,34,36). The Morgan fingerprint density at radius 2 is 1.55 bits per heavy atom. The average Bonchev–Trinajstić information content (AvgIpc) is 3.37. The molecule has 0 unspecified atom stereocenters. The minimum absolute atomic E-state index is 0.103. The van der Waals surface area contributed by atoms with E-state index in [0.29, 0.717) is 38.1 Å². The largest absolute Gasteiger partial charge is 0.416 e. The minimum Gasteiger partial charge on any atom is -0.376 e. The van der Waals surface area contributed by atoms with E-state index >= 15 is 0 Å². The summed E-state index contributed by atoms with van der Waals surface area (Å²) in [5, 5.41) is 3.74. The molecular weight excluding hydrogens is 530 g/mol. The van der Waals surface area contributed by atoms with Gasteiger partial charge in [-0.3, -0.25) is 10.2 Å². The zero-order chi connectivity index (χ0) is 27.4. The topological polar surface area (TPSA) is 41.6 Å². The first-order valence-corrected chi connectivity index (χ1v) is 12.8. The van der Waals surface area contributed by atoms with Crippen LogP contribution in [0.5, 0.6) is 0 Å². The smallest absolute Gasteiger partial charge is 0.376 e. The molecule has 4 rings (SSSR count). The fourth-order valence-electron chi connectivity index (χ4n) is 4.61. The molecule has 2 heterocycles. The van der Waals surface area contributed by atoms with Crippen molar-refractivity contribution in [2.75, 3.05) is 19.7 Å². The van der Waals surface area contributed by atoms with E-state index in [-0.39, 0.29) is 30.6 Å². The number of ether oxygens (including phenoxy) is 1. The summed E-state index contributed by atoms with van der Waals surface area (Å²) in [6.07, 6.45) is -8.40. The molecule has 0 radical (unpaired) electrons. The van der Waals surface area contributed by atoms with Gasteiger partial charge in [0.25, 0.3) is 0 Å². The lowest BCUT2D eigenvalue weighted by molar-refractivity contribution is -0.143. The normalized spacial score (nSPS) is 16.4. The van der Waals surface area contributed by atoms with E-state index in [1.54, 1.807) is 0 Å². The molecule has 38 heavy (non-hydrogen) atoms. The van der Waals surface area contributed by atoms with Gasteiger partial charge in [-0.25, -0.2) is 5.01 Å². The zero-order valence-corrected chi connectivity index (χ0v) is 21.1. The van der Waals surface area contributed by atoms with Crippen molar-refractivity contribution in [3.05, 3.63) is 93.2 Å². The molecule has 0 bridgehead atoms. The van der Waals surface area contributed by atoms with Crippen LogP contribution in [0.3, 0.4) is 0 Å². The van der Waals surface area contributed by atoms with E-state index in [4.69, 9.17) is 4.74 Å². The summed E-state index contributed by atoms with van der Waals surface area (Å²) in [4.78, 5) is 13.4. The second kappa shape index (κ2) is 11.5. The molecule has 0 aliphatic carbocycles. The van der Waals surface area contributed by atoms with Crippen LogP contribution in [0.2, 0.25) is 0 Å². The van der Waals surface area contributed by atoms with Gasteiger partial charge in [-0.05, 0) is 53.6 Å². The van der Waals surface area contributed by atoms with E-state index in [0.717, 1.165) is 10.4 Å². The third kappa shape index (κ3) is 7.15. The number of hydrogen-bond donors (Lipinski definition) is 1. The fourth-order valence-corrected chi connectivity index (χ4v) is 5.31. The minimum atomic E-state index is -4.91. The van der Waals surface area contributed by atoms with Crippen LogP contribution in [0.1, 0.15) is 40.0 Å². The maximum atomic E-state index is 13.2. The van der Waals surface area contributed by atoms with Gasteiger partial charge in [-0.1, -0.05) is 36.4 Å². The zero-order valence-electron chi connectivity index (χ0n) is 20.2. The molecular formula is C27H26F6N2O2S. The second-order valence-electron chi connectivity index (χ2n) is 9.33. The maximum Gasteiger partial charge on any atom is 0.416 e. The van der Waals surface area contributed by atoms with Crippen molar-refractivity contribution >= 4 is 17.2 Å². The Kier molecular flexibility index (Phi) is 8.49. The summed E-state index contributed by atoms with van der Waals surface area (Å²) in [6.45, 7) is 0.723. The van der Waals surface area contributed by atoms with E-state index < -0.39 is 35.5 Å². The van der Waals surface area contributed by atoms with Crippen molar-refractivity contribution in [1.82, 2.24) is 10.4 Å². The predicted octanol–water partition coefficient (Wildman–Crippen LogP) is 6.61. The third-order valence-corrected chi connectivity index (χ3v) is 7.48. The van der Waals surface area contributed by atoms with Crippen molar-refractivity contribution in [2.24, 2.45) is 0 Å². The molecule has 1 aromatic heterocycles. The Balaban J connectivity index is 1.44. The van der Waals surface area contributed by atoms with Gasteiger partial charge < -0.3 is 4.74 Å². The van der Waals surface area contributed by atoms with E-state index in [9.17, 15) is 31.1 Å². The molecule has 2 aromatic carbocycles. The number of nitrogens with one attached hydrogen (secondary N) is 1. The van der Waals surface area contributed by atoms with E-state index in [1.807, 2.05) is 52.9 Å². The number of thiophene rings is 1. The fraction of sp³-hybridized carbons (Fsp3) is 0.370. The summed E-state index contributed by atoms with van der Waals surface area (Å²) in [6, 6.07) is 14.7. The number of halogens is 6. The van der Waals surface area contributed by atoms with Crippen LogP contribution in [0.15, 0.2) is 66.0 Å². The highest BCUT2D eigenvalue weighted by Gasteiger charge is 2.38. The Morgan fingerprint density at radius 1 is 0.921 bits per heavy atom. The summed E-state index contributed by atoms with van der Waals surface area (Å²) in [7, 11) is 0. The number of nitrogens with zero attached hydrogens (tertiary/aromatic N) is 1. The lowest BCUT2D eigenvalue weighted by atomic mass is 9.73. The summed E-state index contributed by atoms with van der Waals surface area (Å²) >= 11 is 1.50. The first-order valence-electron chi connectivity index (χ1n) is 11.9. The van der Waals surface area contributed by atoms with Crippen molar-refractivity contribution in [2.45, 2.75) is 43.6 Å². The number of rotatable bonds is 8. The molecule has 1 aliphatic rings. The van der Waals surface area contributed by atoms with Crippen LogP contribution < -0.4 is 5.43 Å². The number of piperidine rings is 1. The Hall–Kier alpha value is -2.89. The Bertz CT molecular complexity index is 1170. The molecule has 1 saturated heterocycles. The van der Waals surface area contributed by atoms with Crippen LogP contribution in [-0.4, -0.2) is 30.6 Å². The molecule has 0 spiro atoms. The van der Waals surface area contributed by atoms with Crippen molar-refractivity contribution in [1.29, 1.82) is 0 Å². The predicted molar refractivity (Wildman–Crippen MR) is 131 cm³/mol. The Morgan fingerprint density at radius 3 is 2.11 bits per heavy atom. The molecule has 1 aliphatic heterocycles. The molecule has 0 atom stereocenters. The summed E-state index contributed by atoms with van der Waals surface area (Å²) in [5.74, 6) is -0.124. The number of carbonyl (C=O) groups excluding carboxylic acids is 1. The number of alkyl halides is 6. The molecule has 3 aromatic rings. The van der Waals surface area contributed by atoms with Gasteiger partial charge in [-0.15, -0.1) is 11.3 Å². The number of hydrazine groups is 1. The first-order chi connectivity index (χ1) is 17.9. The highest BCUT2D eigenvalue weighted by atomic mass is 32.1. The summed E-state index contributed by atoms with van der Waals surface area (Å²) < 4.78 is 85.1. The van der Waals surface area contributed by atoms with Crippen molar-refractivity contribution in [3.8, 4) is 0 Å². The Labute approximate surface area is 220 Å². The number of amides is 1. The molecule has 4 nitrogen and oxygen atoms in total. The van der Waals surface area contributed by atoms with Gasteiger partial charge in [0.2, 0.25) is 5.91 Å². The van der Waals surface area contributed by atoms with E-state index in [2.05, 4.69) is 5.43 Å². The monoisotopic (exact) mass is 556 g/mol. The van der Waals surface area contributed by atoms with E-state index in [1.165, 1.54) is 11.3 Å².